The highest BCUT2D eigenvalue weighted by atomic mass is 14.3. The molecule has 0 bridgehead atoms. The largest absolute Gasteiger partial charge is 0.0776 e. The molecular formula is C77H184. The summed E-state index contributed by atoms with van der Waals surface area (Å²) in [5.41, 5.74) is 2.53. The van der Waals surface area contributed by atoms with Gasteiger partial charge >= 0.3 is 0 Å². The van der Waals surface area contributed by atoms with Gasteiger partial charge in [-0.25, -0.2) is 0 Å². The van der Waals surface area contributed by atoms with Crippen LogP contribution < -0.4 is 0 Å². The van der Waals surface area contributed by atoms with Crippen LogP contribution >= 0.6 is 0 Å². The first-order chi connectivity index (χ1) is 30.8. The third kappa shape index (κ3) is 105. The minimum Gasteiger partial charge on any atom is -0.0776 e. The average Bonchev–Trinajstić information content (AvgIpc) is 3.17. The van der Waals surface area contributed by atoms with E-state index in [0.717, 1.165) is 59.2 Å². The van der Waals surface area contributed by atoms with Crippen LogP contribution in [0, 0.1) is 86.3 Å². The van der Waals surface area contributed by atoms with Gasteiger partial charge in [0.15, 0.2) is 0 Å². The Morgan fingerprint density at radius 3 is 0.805 bits per heavy atom. The van der Waals surface area contributed by atoms with Crippen molar-refractivity contribution in [3.05, 3.63) is 0 Å². The van der Waals surface area contributed by atoms with Crippen molar-refractivity contribution < 1.29 is 0 Å². The van der Waals surface area contributed by atoms with E-state index >= 15 is 0 Å². The first-order valence-electron chi connectivity index (χ1n) is 30.8. The smallest absolute Gasteiger partial charge is 0.0354 e. The van der Waals surface area contributed by atoms with Crippen molar-refractivity contribution in [2.24, 2.45) is 86.3 Å². The second-order valence-corrected chi connectivity index (χ2v) is 30.2. The molecule has 3 fully saturated rings. The Morgan fingerprint density at radius 2 is 0.610 bits per heavy atom. The standard InChI is InChI=1S/C17H36.C11H22.C9H20.C8H16.C7H14.C6H14.C5H12.C3H8.C2H6.9CH4/c1-13(11-16(4,5)6)10-14(2)15(3)12-17(7,8)9;1-9-5-7-10(8-6-9)11(2,3)4;1-6-8(2)7-9(3,4)5;1-7-4-3-5-8(2)6-7;1-7-5-3-2-4-6-7;1-4-6(3)5-2;1-5(2,3)4;1-3-2;1-2;;;;;;;;;/h13-15H,10-12H2,1-9H3;9-10H,5-8H2,1-4H3;8H,6-7H2,1-5H3;7-8H,3-6H2,1-2H3;7H,2-6H2,1H3;6H,4-5H2,1-3H3;1-4H3;3H2,1-2H3;1-2H3;9*1H4. The summed E-state index contributed by atoms with van der Waals surface area (Å²) in [6.45, 7) is 73.3. The molecule has 0 amide bonds. The lowest BCUT2D eigenvalue weighted by Gasteiger charge is -2.35. The maximum atomic E-state index is 2.44. The van der Waals surface area contributed by atoms with Crippen molar-refractivity contribution in [3.8, 4) is 0 Å². The van der Waals surface area contributed by atoms with Gasteiger partial charge in [-0.05, 0) is 131 Å². The summed E-state index contributed by atoms with van der Waals surface area (Å²) in [5, 5.41) is 0. The molecule has 0 aromatic heterocycles. The SMILES string of the molecule is C.C.C.C.C.C.C.C.C.CC.CC(C)(C)C.CC(CC(C)C(C)CC(C)(C)C)CC(C)(C)C.CC1CCC(C(C)(C)C)CC1.CC1CCCC(C)C1.CC1CCCCC1.CCC.CCC(C)CC.CCC(C)CC(C)(C)C. The molecule has 0 aromatic rings. The zero-order chi connectivity index (χ0) is 55.1. The zero-order valence-corrected chi connectivity index (χ0v) is 55.1. The van der Waals surface area contributed by atoms with Crippen LogP contribution in [0.3, 0.4) is 0 Å². The van der Waals surface area contributed by atoms with Crippen molar-refractivity contribution in [1.82, 2.24) is 0 Å². The molecule has 492 valence electrons. The molecule has 6 unspecified atom stereocenters. The highest BCUT2D eigenvalue weighted by molar-refractivity contribution is 4.79. The summed E-state index contributed by atoms with van der Waals surface area (Å²) in [7, 11) is 0. The third-order valence-corrected chi connectivity index (χ3v) is 14.0. The molecule has 3 aliphatic rings. The average molecular weight is 1110 g/mol. The molecule has 0 saturated heterocycles. The van der Waals surface area contributed by atoms with Crippen molar-refractivity contribution in [2.45, 2.75) is 423 Å². The second-order valence-electron chi connectivity index (χ2n) is 30.2. The van der Waals surface area contributed by atoms with E-state index in [9.17, 15) is 0 Å². The van der Waals surface area contributed by atoms with Gasteiger partial charge in [-0.1, -0.05) is 378 Å². The Labute approximate surface area is 507 Å². The second kappa shape index (κ2) is 65.2. The minimum absolute atomic E-state index is 0. The normalized spacial score (nSPS) is 19.1. The van der Waals surface area contributed by atoms with Gasteiger partial charge in [0.25, 0.3) is 0 Å². The van der Waals surface area contributed by atoms with E-state index in [4.69, 9.17) is 0 Å². The predicted octanol–water partition coefficient (Wildman–Crippen LogP) is 31.6. The van der Waals surface area contributed by atoms with E-state index in [1.165, 1.54) is 135 Å². The van der Waals surface area contributed by atoms with E-state index < -0.39 is 0 Å². The lowest BCUT2D eigenvalue weighted by Crippen LogP contribution is -2.24. The summed E-state index contributed by atoms with van der Waals surface area (Å²) >= 11 is 0. The van der Waals surface area contributed by atoms with Crippen molar-refractivity contribution in [3.63, 3.8) is 0 Å². The zero-order valence-electron chi connectivity index (χ0n) is 55.1. The van der Waals surface area contributed by atoms with E-state index in [0.29, 0.717) is 27.1 Å². The first kappa shape index (κ1) is 116. The molecule has 6 atom stereocenters. The predicted molar refractivity (Wildman–Crippen MR) is 386 cm³/mol. The molecule has 0 heteroatoms. The third-order valence-electron chi connectivity index (χ3n) is 14.0. The first-order valence-corrected chi connectivity index (χ1v) is 30.8. The summed E-state index contributed by atoms with van der Waals surface area (Å²) < 4.78 is 0. The van der Waals surface area contributed by atoms with Gasteiger partial charge in [0, 0.05) is 0 Å². The fourth-order valence-corrected chi connectivity index (χ4v) is 9.81. The monoisotopic (exact) mass is 1110 g/mol. The Bertz CT molecular complexity index is 948. The summed E-state index contributed by atoms with van der Waals surface area (Å²) in [5.74, 6) is 9.42. The Hall–Kier alpha value is 0. The minimum atomic E-state index is 0. The van der Waals surface area contributed by atoms with Crippen LogP contribution in [0.25, 0.3) is 0 Å². The molecule has 0 spiro atoms. The van der Waals surface area contributed by atoms with Gasteiger partial charge < -0.3 is 0 Å². The van der Waals surface area contributed by atoms with E-state index in [1.807, 2.05) is 13.8 Å². The molecule has 0 radical (unpaired) electrons. The van der Waals surface area contributed by atoms with Gasteiger partial charge in [-0.2, -0.15) is 0 Å². The molecule has 0 aromatic carbocycles. The Kier molecular flexibility index (Phi) is 97.9. The summed E-state index contributed by atoms with van der Waals surface area (Å²) in [6, 6.07) is 0. The lowest BCUT2D eigenvalue weighted by atomic mass is 9.70. The molecule has 3 rings (SSSR count). The number of hydrogen-bond donors (Lipinski definition) is 0. The molecule has 3 aliphatic carbocycles. The Morgan fingerprint density at radius 1 is 0.338 bits per heavy atom. The van der Waals surface area contributed by atoms with E-state index in [2.05, 4.69) is 208 Å². The molecular weight excluding hydrogens is 925 g/mol. The van der Waals surface area contributed by atoms with Crippen molar-refractivity contribution in [2.75, 3.05) is 0 Å². The van der Waals surface area contributed by atoms with Crippen LogP contribution in [0.2, 0.25) is 0 Å². The fourth-order valence-electron chi connectivity index (χ4n) is 9.81. The maximum absolute atomic E-state index is 2.44. The highest BCUT2D eigenvalue weighted by Gasteiger charge is 2.28. The quantitative estimate of drug-likeness (QED) is 0.216. The van der Waals surface area contributed by atoms with Gasteiger partial charge in [0.2, 0.25) is 0 Å². The van der Waals surface area contributed by atoms with Crippen LogP contribution in [-0.4, -0.2) is 0 Å². The molecule has 0 N–H and O–H groups in total. The summed E-state index contributed by atoms with van der Waals surface area (Å²) in [4.78, 5) is 0. The molecule has 0 heterocycles. The van der Waals surface area contributed by atoms with Crippen molar-refractivity contribution in [1.29, 1.82) is 0 Å². The van der Waals surface area contributed by atoms with E-state index in [-0.39, 0.29) is 66.8 Å². The number of hydrogen-bond acceptors (Lipinski definition) is 0. The van der Waals surface area contributed by atoms with E-state index in [1.54, 1.807) is 0 Å². The van der Waals surface area contributed by atoms with Crippen LogP contribution in [-0.2, 0) is 0 Å². The number of rotatable bonds is 9. The van der Waals surface area contributed by atoms with Crippen LogP contribution in [0.15, 0.2) is 0 Å². The molecule has 0 nitrogen and oxygen atoms in total. The van der Waals surface area contributed by atoms with Crippen molar-refractivity contribution >= 4 is 0 Å². The summed E-state index contributed by atoms with van der Waals surface area (Å²) in [6.07, 6.45) is 29.8. The van der Waals surface area contributed by atoms with Crippen LogP contribution in [0.5, 0.6) is 0 Å². The lowest BCUT2D eigenvalue weighted by molar-refractivity contribution is 0.155. The maximum Gasteiger partial charge on any atom is -0.0354 e. The van der Waals surface area contributed by atoms with Gasteiger partial charge in [-0.15, -0.1) is 0 Å². The highest BCUT2D eigenvalue weighted by Crippen LogP contribution is 2.39. The molecule has 77 heavy (non-hydrogen) atoms. The van der Waals surface area contributed by atoms with Gasteiger partial charge in [-0.3, -0.25) is 0 Å². The molecule has 3 saturated carbocycles. The topological polar surface area (TPSA) is 0 Å². The van der Waals surface area contributed by atoms with Gasteiger partial charge in [0.05, 0.1) is 0 Å². The van der Waals surface area contributed by atoms with Crippen LogP contribution in [0.1, 0.15) is 423 Å². The van der Waals surface area contributed by atoms with Gasteiger partial charge in [0.1, 0.15) is 0 Å². The molecule has 0 aliphatic heterocycles. The Balaban J connectivity index is -0.0000000445. The fraction of sp³-hybridized carbons (Fsp3) is 1.00. The van der Waals surface area contributed by atoms with Crippen LogP contribution in [0.4, 0.5) is 0 Å².